The molecule has 1 N–H and O–H groups in total. The summed E-state index contributed by atoms with van der Waals surface area (Å²) in [6.07, 6.45) is 5.46. The molecule has 1 heteroatoms. The molecule has 0 saturated heterocycles. The van der Waals surface area contributed by atoms with Crippen molar-refractivity contribution in [3.63, 3.8) is 0 Å². The number of hydrogen-bond donors (Lipinski definition) is 1. The van der Waals surface area contributed by atoms with E-state index in [1.165, 1.54) is 21.5 Å². The number of benzene rings is 1. The van der Waals surface area contributed by atoms with Gasteiger partial charge in [-0.15, -0.1) is 0 Å². The van der Waals surface area contributed by atoms with Crippen molar-refractivity contribution in [2.45, 2.75) is 20.3 Å². The summed E-state index contributed by atoms with van der Waals surface area (Å²) >= 11 is 0. The van der Waals surface area contributed by atoms with Crippen LogP contribution in [0.2, 0.25) is 0 Å². The molecule has 0 unspecified atom stereocenters. The smallest absolute Gasteiger partial charge is 0.0464 e. The maximum atomic E-state index is 3.43. The average Bonchev–Trinajstić information content (AvgIpc) is 2.55. The Morgan fingerprint density at radius 3 is 2.79 bits per heavy atom. The van der Waals surface area contributed by atoms with Gasteiger partial charge >= 0.3 is 0 Å². The van der Waals surface area contributed by atoms with E-state index in [2.05, 4.69) is 55.2 Å². The van der Waals surface area contributed by atoms with Gasteiger partial charge in [0.1, 0.15) is 0 Å². The molecule has 2 aromatic rings. The fourth-order valence-electron chi connectivity index (χ4n) is 1.86. The predicted molar refractivity (Wildman–Crippen MR) is 62.4 cm³/mol. The van der Waals surface area contributed by atoms with E-state index >= 15 is 0 Å². The number of H-pyrrole nitrogens is 1. The number of nitrogens with one attached hydrogen (secondary N) is 1. The lowest BCUT2D eigenvalue weighted by Crippen LogP contribution is -2.21. The van der Waals surface area contributed by atoms with Gasteiger partial charge in [0.2, 0.25) is 0 Å². The van der Waals surface area contributed by atoms with Crippen molar-refractivity contribution < 1.29 is 0 Å². The van der Waals surface area contributed by atoms with Crippen molar-refractivity contribution in [3.8, 4) is 0 Å². The van der Waals surface area contributed by atoms with Crippen molar-refractivity contribution >= 4 is 23.1 Å². The van der Waals surface area contributed by atoms with E-state index in [1.807, 2.05) is 0 Å². The summed E-state index contributed by atoms with van der Waals surface area (Å²) in [4.78, 5) is 3.43. The van der Waals surface area contributed by atoms with Gasteiger partial charge in [-0.3, -0.25) is 0 Å². The fourth-order valence-corrected chi connectivity index (χ4v) is 1.86. The first-order valence-electron chi connectivity index (χ1n) is 5.10. The molecule has 0 radical (unpaired) electrons. The molecular formula is C13H15N. The van der Waals surface area contributed by atoms with Crippen molar-refractivity contribution in [2.24, 2.45) is 0 Å². The van der Waals surface area contributed by atoms with E-state index in [-0.39, 0.29) is 0 Å². The molecule has 0 amide bonds. The molecule has 0 aliphatic heterocycles. The average molecular weight is 185 g/mol. The quantitative estimate of drug-likeness (QED) is 0.700. The normalized spacial score (nSPS) is 14.1. The Morgan fingerprint density at radius 1 is 1.29 bits per heavy atom. The van der Waals surface area contributed by atoms with Gasteiger partial charge < -0.3 is 4.98 Å². The first-order valence-corrected chi connectivity index (χ1v) is 5.10. The van der Waals surface area contributed by atoms with Crippen LogP contribution < -0.4 is 10.6 Å². The first kappa shape index (κ1) is 9.07. The molecule has 14 heavy (non-hydrogen) atoms. The van der Waals surface area contributed by atoms with Crippen molar-refractivity contribution in [2.75, 3.05) is 0 Å². The van der Waals surface area contributed by atoms with E-state index in [0.29, 0.717) is 0 Å². The highest BCUT2D eigenvalue weighted by molar-refractivity contribution is 5.80. The summed E-state index contributed by atoms with van der Waals surface area (Å²) in [7, 11) is 0. The number of para-hydroxylation sites is 1. The zero-order valence-electron chi connectivity index (χ0n) is 8.67. The van der Waals surface area contributed by atoms with Gasteiger partial charge in [-0.1, -0.05) is 37.3 Å². The van der Waals surface area contributed by atoms with Crippen LogP contribution in [0.4, 0.5) is 0 Å². The van der Waals surface area contributed by atoms with E-state index in [0.717, 1.165) is 6.42 Å². The second-order valence-corrected chi connectivity index (χ2v) is 3.40. The zero-order chi connectivity index (χ0) is 9.97. The molecule has 1 nitrogen and oxygen atoms in total. The Morgan fingerprint density at radius 2 is 2.07 bits per heavy atom. The van der Waals surface area contributed by atoms with Crippen LogP contribution in [0.15, 0.2) is 24.3 Å². The van der Waals surface area contributed by atoms with Gasteiger partial charge in [0.25, 0.3) is 0 Å². The lowest BCUT2D eigenvalue weighted by Gasteiger charge is -1.85. The predicted octanol–water partition coefficient (Wildman–Crippen LogP) is 2.16. The lowest BCUT2D eigenvalue weighted by atomic mass is 10.2. The number of fused-ring (bicyclic) bond motifs is 1. The molecule has 0 spiro atoms. The Kier molecular flexibility index (Phi) is 2.40. The molecule has 0 saturated carbocycles. The molecule has 0 fully saturated rings. The maximum Gasteiger partial charge on any atom is 0.0464 e. The first-order chi connectivity index (χ1) is 6.86. The molecule has 1 aromatic heterocycles. The highest BCUT2D eigenvalue weighted by Gasteiger charge is 1.96. The Balaban J connectivity index is 2.94. The molecular weight excluding hydrogens is 170 g/mol. The third-order valence-electron chi connectivity index (χ3n) is 2.47. The van der Waals surface area contributed by atoms with Crippen LogP contribution in [0.1, 0.15) is 20.3 Å². The number of aromatic amines is 1. The number of rotatable bonds is 1. The van der Waals surface area contributed by atoms with Crippen molar-refractivity contribution in [1.82, 2.24) is 4.98 Å². The van der Waals surface area contributed by atoms with Crippen molar-refractivity contribution in [3.05, 3.63) is 34.8 Å². The Labute approximate surface area is 83.8 Å². The van der Waals surface area contributed by atoms with Crippen LogP contribution in [0, 0.1) is 0 Å². The molecule has 0 atom stereocenters. The lowest BCUT2D eigenvalue weighted by molar-refractivity contribution is 1.24. The molecule has 2 rings (SSSR count). The van der Waals surface area contributed by atoms with Gasteiger partial charge in [0.15, 0.2) is 0 Å². The summed E-state index contributed by atoms with van der Waals surface area (Å²) < 4.78 is 0. The van der Waals surface area contributed by atoms with E-state index in [1.54, 1.807) is 0 Å². The van der Waals surface area contributed by atoms with Crippen molar-refractivity contribution in [1.29, 1.82) is 0 Å². The molecule has 1 aromatic carbocycles. The minimum Gasteiger partial charge on any atom is -0.355 e. The van der Waals surface area contributed by atoms with Crippen LogP contribution in [0.3, 0.4) is 0 Å². The summed E-state index contributed by atoms with van der Waals surface area (Å²) in [5.74, 6) is 0. The van der Waals surface area contributed by atoms with Crippen LogP contribution >= 0.6 is 0 Å². The third-order valence-corrected chi connectivity index (χ3v) is 2.47. The standard InChI is InChI=1S/C13H15N/c1-3-7-12-10(4-2)11-8-5-6-9-13(11)14-12/h4-9,14H,3H2,1-2H3/b10-4-,12-7+. The van der Waals surface area contributed by atoms with E-state index < -0.39 is 0 Å². The van der Waals surface area contributed by atoms with Gasteiger partial charge in [-0.2, -0.15) is 0 Å². The second-order valence-electron chi connectivity index (χ2n) is 3.40. The van der Waals surface area contributed by atoms with Gasteiger partial charge in [-0.05, 0) is 19.4 Å². The highest BCUT2D eigenvalue weighted by Crippen LogP contribution is 2.03. The van der Waals surface area contributed by atoms with E-state index in [9.17, 15) is 0 Å². The summed E-state index contributed by atoms with van der Waals surface area (Å²) in [6.45, 7) is 4.24. The van der Waals surface area contributed by atoms with Crippen LogP contribution in [0.25, 0.3) is 23.1 Å². The molecule has 0 aliphatic carbocycles. The van der Waals surface area contributed by atoms with Crippen LogP contribution in [-0.4, -0.2) is 4.98 Å². The monoisotopic (exact) mass is 185 g/mol. The minimum atomic E-state index is 1.06. The topological polar surface area (TPSA) is 15.8 Å². The summed E-state index contributed by atoms with van der Waals surface area (Å²) in [5, 5.41) is 3.88. The molecule has 1 heterocycles. The molecule has 0 aliphatic rings. The molecule has 0 bridgehead atoms. The zero-order valence-corrected chi connectivity index (χ0v) is 8.67. The third kappa shape index (κ3) is 1.35. The second kappa shape index (κ2) is 3.70. The largest absolute Gasteiger partial charge is 0.355 e. The van der Waals surface area contributed by atoms with Gasteiger partial charge in [0.05, 0.1) is 0 Å². The van der Waals surface area contributed by atoms with Gasteiger partial charge in [-0.25, -0.2) is 0 Å². The van der Waals surface area contributed by atoms with E-state index in [4.69, 9.17) is 0 Å². The van der Waals surface area contributed by atoms with Crippen LogP contribution in [0.5, 0.6) is 0 Å². The van der Waals surface area contributed by atoms with Crippen LogP contribution in [-0.2, 0) is 0 Å². The highest BCUT2D eigenvalue weighted by atomic mass is 14.7. The fraction of sp³-hybridized carbons (Fsp3) is 0.231. The molecule has 72 valence electrons. The summed E-state index contributed by atoms with van der Waals surface area (Å²) in [5.41, 5.74) is 1.22. The number of hydrogen-bond acceptors (Lipinski definition) is 0. The Hall–Kier alpha value is -1.50. The Bertz CT molecular complexity index is 546. The van der Waals surface area contributed by atoms with Gasteiger partial charge in [0, 0.05) is 21.5 Å². The summed E-state index contributed by atoms with van der Waals surface area (Å²) in [6, 6.07) is 8.43. The maximum absolute atomic E-state index is 3.43. The number of aromatic nitrogens is 1. The SMILES string of the molecule is C/C=c1\c(=C/CC)[nH]c2ccccc12. The minimum absolute atomic E-state index is 1.06.